The van der Waals surface area contributed by atoms with E-state index >= 15 is 0 Å². The standard InChI is InChI=1S/C18H26F2O/c1-3-16(17(19)20)18(21,14-7-5-4-6-8-14)15-11-9-13(2)10-12-15/h9-12,14,16-17,21H,3-8H2,1-2H3. The fraction of sp³-hybridized carbons (Fsp3) is 0.667. The van der Waals surface area contributed by atoms with E-state index in [0.29, 0.717) is 12.0 Å². The van der Waals surface area contributed by atoms with Gasteiger partial charge in [0, 0.05) is 0 Å². The van der Waals surface area contributed by atoms with Crippen LogP contribution in [0.3, 0.4) is 0 Å². The molecule has 3 heteroatoms. The molecular formula is C18H26F2O. The summed E-state index contributed by atoms with van der Waals surface area (Å²) in [5.41, 5.74) is 0.332. The van der Waals surface area contributed by atoms with Crippen molar-refractivity contribution in [1.29, 1.82) is 0 Å². The zero-order valence-corrected chi connectivity index (χ0v) is 13.0. The molecule has 0 heterocycles. The van der Waals surface area contributed by atoms with Gasteiger partial charge in [0.1, 0.15) is 5.60 Å². The zero-order valence-electron chi connectivity index (χ0n) is 13.0. The summed E-state index contributed by atoms with van der Waals surface area (Å²) in [7, 11) is 0. The van der Waals surface area contributed by atoms with Crippen LogP contribution in [0.5, 0.6) is 0 Å². The Kier molecular flexibility index (Phi) is 5.37. The number of benzene rings is 1. The van der Waals surface area contributed by atoms with E-state index in [0.717, 1.165) is 37.7 Å². The minimum atomic E-state index is -2.50. The predicted octanol–water partition coefficient (Wildman–Crippen LogP) is 5.05. The molecule has 0 radical (unpaired) electrons. The molecule has 1 aromatic carbocycles. The van der Waals surface area contributed by atoms with Crippen molar-refractivity contribution in [2.45, 2.75) is 64.4 Å². The molecule has 0 spiro atoms. The number of hydrogen-bond acceptors (Lipinski definition) is 1. The van der Waals surface area contributed by atoms with Crippen LogP contribution in [0.1, 0.15) is 56.6 Å². The van der Waals surface area contributed by atoms with E-state index in [1.54, 1.807) is 6.92 Å². The highest BCUT2D eigenvalue weighted by atomic mass is 19.3. The lowest BCUT2D eigenvalue weighted by Gasteiger charge is -2.44. The van der Waals surface area contributed by atoms with Gasteiger partial charge in [-0.3, -0.25) is 0 Å². The first-order chi connectivity index (χ1) is 10.00. The Morgan fingerprint density at radius 1 is 1.14 bits per heavy atom. The highest BCUT2D eigenvalue weighted by Gasteiger charge is 2.48. The van der Waals surface area contributed by atoms with Gasteiger partial charge in [0.2, 0.25) is 6.43 Å². The van der Waals surface area contributed by atoms with Crippen LogP contribution in [-0.4, -0.2) is 11.5 Å². The SMILES string of the molecule is CCC(C(F)F)C(O)(c1ccc(C)cc1)C1CCCCC1. The molecule has 0 bridgehead atoms. The Morgan fingerprint density at radius 3 is 2.19 bits per heavy atom. The zero-order chi connectivity index (χ0) is 15.5. The van der Waals surface area contributed by atoms with Crippen molar-refractivity contribution >= 4 is 0 Å². The predicted molar refractivity (Wildman–Crippen MR) is 81.4 cm³/mol. The van der Waals surface area contributed by atoms with Crippen LogP contribution in [-0.2, 0) is 5.60 Å². The lowest BCUT2D eigenvalue weighted by atomic mass is 9.66. The van der Waals surface area contributed by atoms with E-state index in [-0.39, 0.29) is 5.92 Å². The van der Waals surface area contributed by atoms with Crippen molar-refractivity contribution in [1.82, 2.24) is 0 Å². The molecule has 1 N–H and O–H groups in total. The summed E-state index contributed by atoms with van der Waals surface area (Å²) >= 11 is 0. The second kappa shape index (κ2) is 6.87. The number of aryl methyl sites for hydroxylation is 1. The van der Waals surface area contributed by atoms with Gasteiger partial charge in [0.15, 0.2) is 0 Å². The van der Waals surface area contributed by atoms with Crippen molar-refractivity contribution in [2.24, 2.45) is 11.8 Å². The van der Waals surface area contributed by atoms with Crippen molar-refractivity contribution in [2.75, 3.05) is 0 Å². The van der Waals surface area contributed by atoms with Crippen LogP contribution in [0.25, 0.3) is 0 Å². The Labute approximate surface area is 126 Å². The number of aliphatic hydroxyl groups is 1. The minimum Gasteiger partial charge on any atom is -0.384 e. The molecule has 1 nitrogen and oxygen atoms in total. The van der Waals surface area contributed by atoms with Gasteiger partial charge in [-0.2, -0.15) is 0 Å². The monoisotopic (exact) mass is 296 g/mol. The Hall–Kier alpha value is -0.960. The first-order valence-electron chi connectivity index (χ1n) is 8.07. The van der Waals surface area contributed by atoms with E-state index in [2.05, 4.69) is 0 Å². The third-order valence-corrected chi connectivity index (χ3v) is 5.05. The highest BCUT2D eigenvalue weighted by molar-refractivity contribution is 5.28. The van der Waals surface area contributed by atoms with Gasteiger partial charge in [-0.05, 0) is 37.7 Å². The molecule has 2 unspecified atom stereocenters. The Morgan fingerprint density at radius 2 is 1.71 bits per heavy atom. The van der Waals surface area contributed by atoms with Gasteiger partial charge in [0.05, 0.1) is 5.92 Å². The molecule has 0 saturated heterocycles. The lowest BCUT2D eigenvalue weighted by molar-refractivity contribution is -0.136. The van der Waals surface area contributed by atoms with Crippen LogP contribution in [0.2, 0.25) is 0 Å². The topological polar surface area (TPSA) is 20.2 Å². The average molecular weight is 296 g/mol. The largest absolute Gasteiger partial charge is 0.384 e. The molecule has 0 amide bonds. The molecule has 21 heavy (non-hydrogen) atoms. The van der Waals surface area contributed by atoms with E-state index in [1.807, 2.05) is 31.2 Å². The van der Waals surface area contributed by atoms with Crippen LogP contribution in [0.4, 0.5) is 8.78 Å². The second-order valence-electron chi connectivity index (χ2n) is 6.38. The average Bonchev–Trinajstić information content (AvgIpc) is 2.49. The fourth-order valence-electron chi connectivity index (χ4n) is 3.80. The van der Waals surface area contributed by atoms with Crippen LogP contribution < -0.4 is 0 Å². The molecule has 1 aromatic rings. The molecule has 1 aliphatic rings. The van der Waals surface area contributed by atoms with E-state index in [9.17, 15) is 13.9 Å². The second-order valence-corrected chi connectivity index (χ2v) is 6.38. The van der Waals surface area contributed by atoms with Gasteiger partial charge in [0.25, 0.3) is 0 Å². The maximum atomic E-state index is 13.6. The van der Waals surface area contributed by atoms with Crippen molar-refractivity contribution in [3.05, 3.63) is 35.4 Å². The van der Waals surface area contributed by atoms with E-state index in [4.69, 9.17) is 0 Å². The van der Waals surface area contributed by atoms with Gasteiger partial charge in [-0.25, -0.2) is 8.78 Å². The summed E-state index contributed by atoms with van der Waals surface area (Å²) in [6.45, 7) is 3.71. The first-order valence-corrected chi connectivity index (χ1v) is 8.07. The van der Waals surface area contributed by atoms with E-state index < -0.39 is 17.9 Å². The molecule has 2 atom stereocenters. The number of halogens is 2. The quantitative estimate of drug-likeness (QED) is 0.805. The van der Waals surface area contributed by atoms with Crippen LogP contribution in [0.15, 0.2) is 24.3 Å². The third-order valence-electron chi connectivity index (χ3n) is 5.05. The molecule has 1 saturated carbocycles. The number of rotatable bonds is 5. The lowest BCUT2D eigenvalue weighted by Crippen LogP contribution is -2.46. The highest BCUT2D eigenvalue weighted by Crippen LogP contribution is 2.47. The molecule has 1 fully saturated rings. The summed E-state index contributed by atoms with van der Waals surface area (Å²) < 4.78 is 27.1. The molecule has 2 rings (SSSR count). The van der Waals surface area contributed by atoms with Crippen molar-refractivity contribution < 1.29 is 13.9 Å². The maximum absolute atomic E-state index is 13.6. The smallest absolute Gasteiger partial charge is 0.244 e. The minimum absolute atomic E-state index is 0.0621. The number of hydrogen-bond donors (Lipinski definition) is 1. The summed E-state index contributed by atoms with van der Waals surface area (Å²) in [5.74, 6) is -1.06. The normalized spacial score (nSPS) is 21.2. The molecule has 0 aromatic heterocycles. The van der Waals surface area contributed by atoms with Gasteiger partial charge >= 0.3 is 0 Å². The van der Waals surface area contributed by atoms with Gasteiger partial charge in [-0.1, -0.05) is 56.0 Å². The molecule has 1 aliphatic carbocycles. The Balaban J connectivity index is 2.43. The molecule has 118 valence electrons. The van der Waals surface area contributed by atoms with Gasteiger partial charge < -0.3 is 5.11 Å². The third kappa shape index (κ3) is 3.28. The summed E-state index contributed by atoms with van der Waals surface area (Å²) in [4.78, 5) is 0. The Bertz CT molecular complexity index is 437. The summed E-state index contributed by atoms with van der Waals surface area (Å²) in [6.07, 6.45) is 2.67. The molecule has 0 aliphatic heterocycles. The van der Waals surface area contributed by atoms with E-state index in [1.165, 1.54) is 0 Å². The first kappa shape index (κ1) is 16.4. The van der Waals surface area contributed by atoms with Gasteiger partial charge in [-0.15, -0.1) is 0 Å². The van der Waals surface area contributed by atoms with Crippen LogP contribution >= 0.6 is 0 Å². The van der Waals surface area contributed by atoms with Crippen molar-refractivity contribution in [3.8, 4) is 0 Å². The summed E-state index contributed by atoms with van der Waals surface area (Å²) in [6, 6.07) is 7.46. The van der Waals surface area contributed by atoms with Crippen LogP contribution in [0, 0.1) is 18.8 Å². The maximum Gasteiger partial charge on any atom is 0.244 e. The fourth-order valence-corrected chi connectivity index (χ4v) is 3.80. The molecular weight excluding hydrogens is 270 g/mol. The summed E-state index contributed by atoms with van der Waals surface area (Å²) in [5, 5.41) is 11.3. The number of alkyl halides is 2. The van der Waals surface area contributed by atoms with Crippen molar-refractivity contribution in [3.63, 3.8) is 0 Å².